The molecule has 0 aliphatic rings. The Balaban J connectivity index is 1.02. The third-order valence-electron chi connectivity index (χ3n) is 11.8. The van der Waals surface area contributed by atoms with Gasteiger partial charge in [-0.1, -0.05) is 146 Å². The maximum Gasteiger partial charge on any atom is 0.0547 e. The Hall–Kier alpha value is -7.42. The Morgan fingerprint density at radius 3 is 1.54 bits per heavy atom. The number of nitrogens with zero attached hydrogens (tertiary/aromatic N) is 2. The Labute approximate surface area is 331 Å². The Morgan fingerprint density at radius 1 is 0.368 bits per heavy atom. The fourth-order valence-corrected chi connectivity index (χ4v) is 9.22. The van der Waals surface area contributed by atoms with Crippen molar-refractivity contribution in [2.45, 2.75) is 6.92 Å². The number of aromatic nitrogens is 2. The van der Waals surface area contributed by atoms with Crippen molar-refractivity contribution in [2.75, 3.05) is 0 Å². The van der Waals surface area contributed by atoms with Crippen LogP contribution in [0.4, 0.5) is 0 Å². The van der Waals surface area contributed by atoms with Crippen molar-refractivity contribution < 1.29 is 0 Å². The van der Waals surface area contributed by atoms with E-state index in [2.05, 4.69) is 217 Å². The average Bonchev–Trinajstić information content (AvgIpc) is 3.78. The molecular weight excluding hydrogens is 689 g/mol. The Morgan fingerprint density at radius 2 is 0.860 bits per heavy atom. The van der Waals surface area contributed by atoms with E-state index in [4.69, 9.17) is 0 Å². The van der Waals surface area contributed by atoms with Gasteiger partial charge in [-0.2, -0.15) is 0 Å². The molecule has 0 atom stereocenters. The average molecular weight is 727 g/mol. The van der Waals surface area contributed by atoms with Crippen LogP contribution < -0.4 is 0 Å². The molecule has 0 unspecified atom stereocenters. The number of rotatable bonds is 6. The molecule has 268 valence electrons. The molecule has 2 aromatic heterocycles. The van der Waals surface area contributed by atoms with Gasteiger partial charge in [0.15, 0.2) is 0 Å². The third kappa shape index (κ3) is 5.11. The van der Waals surface area contributed by atoms with E-state index in [-0.39, 0.29) is 0 Å². The zero-order valence-electron chi connectivity index (χ0n) is 31.7. The van der Waals surface area contributed by atoms with Crippen molar-refractivity contribution in [2.24, 2.45) is 0 Å². The molecule has 2 nitrogen and oxygen atoms in total. The van der Waals surface area contributed by atoms with Gasteiger partial charge in [-0.25, -0.2) is 0 Å². The highest BCUT2D eigenvalue weighted by Crippen LogP contribution is 2.40. The van der Waals surface area contributed by atoms with E-state index in [0.717, 1.165) is 28.1 Å². The molecule has 11 aromatic rings. The van der Waals surface area contributed by atoms with Crippen molar-refractivity contribution in [3.8, 4) is 33.6 Å². The van der Waals surface area contributed by atoms with E-state index in [1.807, 2.05) is 6.08 Å². The van der Waals surface area contributed by atoms with E-state index < -0.39 is 0 Å². The van der Waals surface area contributed by atoms with Crippen LogP contribution in [-0.2, 0) is 0 Å². The topological polar surface area (TPSA) is 9.86 Å². The number of hydrogen-bond acceptors (Lipinski definition) is 0. The number of allylic oxidation sites excluding steroid dienone is 1. The summed E-state index contributed by atoms with van der Waals surface area (Å²) in [7, 11) is 0. The van der Waals surface area contributed by atoms with E-state index in [0.29, 0.717) is 0 Å². The third-order valence-corrected chi connectivity index (χ3v) is 11.8. The molecule has 0 spiro atoms. The highest BCUT2D eigenvalue weighted by atomic mass is 15.0. The molecule has 0 N–H and O–H groups in total. The largest absolute Gasteiger partial charge is 0.309 e. The lowest BCUT2D eigenvalue weighted by molar-refractivity contribution is 1.10. The van der Waals surface area contributed by atoms with Gasteiger partial charge in [-0.3, -0.25) is 0 Å². The van der Waals surface area contributed by atoms with Crippen LogP contribution >= 0.6 is 0 Å². The first-order valence-corrected chi connectivity index (χ1v) is 19.7. The molecule has 0 amide bonds. The summed E-state index contributed by atoms with van der Waals surface area (Å²) in [5.41, 5.74) is 12.9. The van der Waals surface area contributed by atoms with Crippen LogP contribution in [0.1, 0.15) is 18.2 Å². The molecule has 0 aliphatic carbocycles. The number of fused-ring (bicyclic) bond motifs is 10. The molecular formula is C55H38N2. The fourth-order valence-electron chi connectivity index (χ4n) is 9.22. The maximum atomic E-state index is 4.20. The van der Waals surface area contributed by atoms with E-state index in [1.165, 1.54) is 81.8 Å². The lowest BCUT2D eigenvalue weighted by Crippen LogP contribution is -1.96. The van der Waals surface area contributed by atoms with Gasteiger partial charge in [0, 0.05) is 33.1 Å². The molecule has 0 fully saturated rings. The molecule has 11 rings (SSSR count). The van der Waals surface area contributed by atoms with Crippen molar-refractivity contribution in [3.63, 3.8) is 0 Å². The smallest absolute Gasteiger partial charge is 0.0547 e. The van der Waals surface area contributed by atoms with Crippen LogP contribution in [0.3, 0.4) is 0 Å². The zero-order valence-corrected chi connectivity index (χ0v) is 31.7. The van der Waals surface area contributed by atoms with Gasteiger partial charge in [0.1, 0.15) is 0 Å². The van der Waals surface area contributed by atoms with Crippen molar-refractivity contribution in [1.29, 1.82) is 0 Å². The van der Waals surface area contributed by atoms with Crippen LogP contribution in [0.2, 0.25) is 0 Å². The summed E-state index contributed by atoms with van der Waals surface area (Å²) < 4.78 is 4.76. The first kappa shape index (κ1) is 33.0. The maximum absolute atomic E-state index is 4.20. The molecule has 0 radical (unpaired) electrons. The summed E-state index contributed by atoms with van der Waals surface area (Å²) in [6.45, 7) is 6.27. The quantitative estimate of drug-likeness (QED) is 0.151. The molecule has 9 aromatic carbocycles. The van der Waals surface area contributed by atoms with Gasteiger partial charge in [-0.15, -0.1) is 0 Å². The summed E-state index contributed by atoms with van der Waals surface area (Å²) in [5.74, 6) is 0. The van der Waals surface area contributed by atoms with Gasteiger partial charge < -0.3 is 9.13 Å². The Bertz CT molecular complexity index is 3380. The van der Waals surface area contributed by atoms with Crippen molar-refractivity contribution in [3.05, 3.63) is 206 Å². The normalized spacial score (nSPS) is 11.9. The predicted molar refractivity (Wildman–Crippen MR) is 246 cm³/mol. The van der Waals surface area contributed by atoms with Crippen LogP contribution in [0.15, 0.2) is 195 Å². The number of para-hydroxylation sites is 2. The number of hydrogen-bond donors (Lipinski definition) is 0. The number of benzene rings is 9. The van der Waals surface area contributed by atoms with Crippen LogP contribution in [0, 0.1) is 0 Å². The first-order valence-electron chi connectivity index (χ1n) is 19.7. The van der Waals surface area contributed by atoms with E-state index in [9.17, 15) is 0 Å². The second-order valence-electron chi connectivity index (χ2n) is 14.9. The minimum atomic E-state index is 1.13. The minimum absolute atomic E-state index is 1.13. The van der Waals surface area contributed by atoms with Crippen LogP contribution in [-0.4, -0.2) is 9.13 Å². The van der Waals surface area contributed by atoms with Gasteiger partial charge >= 0.3 is 0 Å². The zero-order chi connectivity index (χ0) is 38.0. The molecule has 2 heterocycles. The summed E-state index contributed by atoms with van der Waals surface area (Å²) in [6, 6.07) is 66.7. The molecule has 0 saturated carbocycles. The lowest BCUT2D eigenvalue weighted by atomic mass is 9.92. The summed E-state index contributed by atoms with van der Waals surface area (Å²) >= 11 is 0. The van der Waals surface area contributed by atoms with Crippen LogP contribution in [0.25, 0.3) is 111 Å². The minimum Gasteiger partial charge on any atom is -0.309 e. The molecule has 0 bridgehead atoms. The first-order chi connectivity index (χ1) is 28.2. The lowest BCUT2D eigenvalue weighted by Gasteiger charge is -2.13. The SMILES string of the molecule is C=Cc1c(/C=C\C)n(-c2ccccc2)c2cc(-c3ccc4c(c3)c3ccccc3n4-c3ccc(-c4ccc5c6ccccc6c6ccccc6c5c4)cc3)ccc12. The second kappa shape index (κ2) is 13.1. The molecule has 2 heteroatoms. The second-order valence-corrected chi connectivity index (χ2v) is 14.9. The van der Waals surface area contributed by atoms with Crippen molar-refractivity contribution >= 4 is 77.2 Å². The van der Waals surface area contributed by atoms with Gasteiger partial charge in [-0.05, 0) is 122 Å². The standard InChI is InChI=1S/C55H38N2/c1-3-14-52-42(4-2)49-31-26-39(35-55(49)57(52)40-15-6-5-7-16-40)38-27-32-54-51(34-38)48-21-12-13-22-53(48)56(54)41-28-23-36(24-29-41)37-25-30-47-45-19-9-8-17-43(45)44-18-10-11-20-46(44)50(47)33-37/h3-35H,2H2,1H3/b14-3-. The van der Waals surface area contributed by atoms with Gasteiger partial charge in [0.05, 0.1) is 22.2 Å². The Kier molecular flexibility index (Phi) is 7.58. The molecule has 0 aliphatic heterocycles. The van der Waals surface area contributed by atoms with Crippen molar-refractivity contribution in [1.82, 2.24) is 9.13 Å². The molecule has 0 saturated heterocycles. The van der Waals surface area contributed by atoms with Crippen LogP contribution in [0.5, 0.6) is 0 Å². The van der Waals surface area contributed by atoms with E-state index >= 15 is 0 Å². The fraction of sp³-hybridized carbons (Fsp3) is 0.0182. The molecule has 57 heavy (non-hydrogen) atoms. The summed E-state index contributed by atoms with van der Waals surface area (Å²) in [5, 5.41) is 11.4. The summed E-state index contributed by atoms with van der Waals surface area (Å²) in [4.78, 5) is 0. The van der Waals surface area contributed by atoms with Gasteiger partial charge in [0.25, 0.3) is 0 Å². The predicted octanol–water partition coefficient (Wildman–Crippen LogP) is 15.2. The monoisotopic (exact) mass is 726 g/mol. The highest BCUT2D eigenvalue weighted by molar-refractivity contribution is 6.25. The summed E-state index contributed by atoms with van der Waals surface area (Å²) in [6.07, 6.45) is 6.27. The highest BCUT2D eigenvalue weighted by Gasteiger charge is 2.18. The van der Waals surface area contributed by atoms with E-state index in [1.54, 1.807) is 0 Å². The van der Waals surface area contributed by atoms with Gasteiger partial charge in [0.2, 0.25) is 0 Å².